The Balaban J connectivity index is 1.39. The second-order valence-electron chi connectivity index (χ2n) is 8.60. The van der Waals surface area contributed by atoms with Gasteiger partial charge in [0, 0.05) is 56.6 Å². The van der Waals surface area contributed by atoms with E-state index in [-0.39, 0.29) is 48.8 Å². The average molecular weight is 443 g/mol. The van der Waals surface area contributed by atoms with E-state index in [1.807, 2.05) is 0 Å². The molecule has 2 aliphatic heterocycles. The molecule has 1 aromatic rings. The average Bonchev–Trinajstić information content (AvgIpc) is 3.21. The minimum absolute atomic E-state index is 0.0109. The maximum atomic E-state index is 13.1. The number of halogens is 3. The molecule has 4 atom stereocenters. The lowest BCUT2D eigenvalue weighted by molar-refractivity contribution is -0.138. The van der Waals surface area contributed by atoms with Crippen LogP contribution in [-0.2, 0) is 33.5 Å². The van der Waals surface area contributed by atoms with Gasteiger partial charge in [0.15, 0.2) is 0 Å². The first kappa shape index (κ1) is 22.3. The molecule has 1 saturated heterocycles. The Kier molecular flexibility index (Phi) is 6.41. The van der Waals surface area contributed by atoms with Gasteiger partial charge in [0.05, 0.1) is 24.8 Å². The van der Waals surface area contributed by atoms with Crippen LogP contribution in [0, 0.1) is 5.92 Å². The van der Waals surface area contributed by atoms with E-state index in [1.54, 1.807) is 12.0 Å². The molecule has 0 spiro atoms. The number of amides is 1. The molecule has 1 saturated carbocycles. The van der Waals surface area contributed by atoms with Crippen molar-refractivity contribution < 1.29 is 27.4 Å². The van der Waals surface area contributed by atoms with Crippen molar-refractivity contribution in [2.45, 2.75) is 63.1 Å². The Morgan fingerprint density at radius 1 is 1.23 bits per heavy atom. The largest absolute Gasteiger partial charge is 0.416 e. The van der Waals surface area contributed by atoms with Crippen LogP contribution in [0.4, 0.5) is 13.2 Å². The van der Waals surface area contributed by atoms with Crippen molar-refractivity contribution in [3.63, 3.8) is 0 Å². The lowest BCUT2D eigenvalue weighted by atomic mass is 10.0. The molecule has 7 nitrogen and oxygen atoms in total. The molecule has 4 rings (SSSR count). The zero-order valence-electron chi connectivity index (χ0n) is 17.5. The number of hydrogen-bond donors (Lipinski definition) is 1. The number of fused-ring (bicyclic) bond motifs is 1. The monoisotopic (exact) mass is 443 g/mol. The summed E-state index contributed by atoms with van der Waals surface area (Å²) in [6.45, 7) is 1.80. The van der Waals surface area contributed by atoms with Gasteiger partial charge < -0.3 is 24.3 Å². The summed E-state index contributed by atoms with van der Waals surface area (Å²) in [5.74, 6) is -0.210. The number of alkyl halides is 3. The van der Waals surface area contributed by atoms with Crippen molar-refractivity contribution >= 4 is 5.91 Å². The third-order valence-electron chi connectivity index (χ3n) is 6.64. The maximum absolute atomic E-state index is 13.1. The van der Waals surface area contributed by atoms with E-state index in [0.29, 0.717) is 32.2 Å². The highest BCUT2D eigenvalue weighted by Crippen LogP contribution is 2.32. The van der Waals surface area contributed by atoms with Gasteiger partial charge in [-0.2, -0.15) is 13.2 Å². The fourth-order valence-electron chi connectivity index (χ4n) is 4.94. The van der Waals surface area contributed by atoms with E-state index in [2.05, 4.69) is 5.32 Å². The maximum Gasteiger partial charge on any atom is 0.416 e. The first-order chi connectivity index (χ1) is 14.8. The smallest absolute Gasteiger partial charge is 0.379 e. The molecule has 1 N–H and O–H groups in total. The molecule has 31 heavy (non-hydrogen) atoms. The van der Waals surface area contributed by atoms with Crippen LogP contribution in [0.2, 0.25) is 0 Å². The summed E-state index contributed by atoms with van der Waals surface area (Å²) >= 11 is 0. The zero-order valence-corrected chi connectivity index (χ0v) is 17.5. The van der Waals surface area contributed by atoms with Gasteiger partial charge in [0.2, 0.25) is 5.91 Å². The van der Waals surface area contributed by atoms with Crippen LogP contribution in [0.15, 0.2) is 16.9 Å². The highest BCUT2D eigenvalue weighted by atomic mass is 19.4. The van der Waals surface area contributed by atoms with Crippen LogP contribution >= 0.6 is 0 Å². The van der Waals surface area contributed by atoms with Gasteiger partial charge in [-0.3, -0.25) is 9.59 Å². The summed E-state index contributed by atoms with van der Waals surface area (Å²) in [5, 5.41) is 3.61. The lowest BCUT2D eigenvalue weighted by Crippen LogP contribution is -2.50. The highest BCUT2D eigenvalue weighted by molar-refractivity contribution is 5.79. The summed E-state index contributed by atoms with van der Waals surface area (Å²) in [5.41, 5.74) is -1.41. The summed E-state index contributed by atoms with van der Waals surface area (Å²) < 4.78 is 51.5. The van der Waals surface area contributed by atoms with Crippen molar-refractivity contribution in [2.24, 2.45) is 5.92 Å². The zero-order chi connectivity index (χ0) is 22.2. The van der Waals surface area contributed by atoms with E-state index < -0.39 is 17.3 Å². The van der Waals surface area contributed by atoms with E-state index >= 15 is 0 Å². The van der Waals surface area contributed by atoms with Crippen LogP contribution in [0.1, 0.15) is 36.9 Å². The van der Waals surface area contributed by atoms with Gasteiger partial charge in [-0.15, -0.1) is 0 Å². The molecule has 1 aliphatic carbocycles. The van der Waals surface area contributed by atoms with Crippen LogP contribution < -0.4 is 10.9 Å². The SMILES string of the molecule is COC1COCCC1N[C@@H]1CC[C@H](C(=O)N2CCn3c(cc(C(F)(F)F)cc3=O)C2)C1. The van der Waals surface area contributed by atoms with Crippen molar-refractivity contribution in [3.05, 3.63) is 33.7 Å². The number of hydrogen-bond acceptors (Lipinski definition) is 5. The highest BCUT2D eigenvalue weighted by Gasteiger charge is 2.37. The summed E-state index contributed by atoms with van der Waals surface area (Å²) in [7, 11) is 1.67. The van der Waals surface area contributed by atoms with Crippen LogP contribution in [0.3, 0.4) is 0 Å². The van der Waals surface area contributed by atoms with Crippen LogP contribution in [0.5, 0.6) is 0 Å². The third kappa shape index (κ3) is 4.80. The molecule has 0 aromatic carbocycles. The van der Waals surface area contributed by atoms with Crippen LogP contribution in [0.25, 0.3) is 0 Å². The molecular weight excluding hydrogens is 415 g/mol. The Hall–Kier alpha value is -1.91. The van der Waals surface area contributed by atoms with E-state index in [9.17, 15) is 22.8 Å². The number of pyridine rings is 1. The predicted octanol–water partition coefficient (Wildman–Crippen LogP) is 1.77. The molecule has 2 fully saturated rings. The topological polar surface area (TPSA) is 72.8 Å². The molecule has 3 heterocycles. The van der Waals surface area contributed by atoms with Gasteiger partial charge in [0.1, 0.15) is 0 Å². The van der Waals surface area contributed by atoms with Gasteiger partial charge in [-0.25, -0.2) is 0 Å². The lowest BCUT2D eigenvalue weighted by Gasteiger charge is -2.34. The number of nitrogens with one attached hydrogen (secondary N) is 1. The number of ether oxygens (including phenoxy) is 2. The first-order valence-corrected chi connectivity index (χ1v) is 10.7. The Labute approximate surface area is 178 Å². The summed E-state index contributed by atoms with van der Waals surface area (Å²) in [6, 6.07) is 1.99. The minimum Gasteiger partial charge on any atom is -0.379 e. The molecule has 1 aromatic heterocycles. The first-order valence-electron chi connectivity index (χ1n) is 10.7. The Morgan fingerprint density at radius 3 is 2.77 bits per heavy atom. The van der Waals surface area contributed by atoms with Gasteiger partial charge in [-0.1, -0.05) is 0 Å². The summed E-state index contributed by atoms with van der Waals surface area (Å²) in [6.07, 6.45) is -1.44. The number of methoxy groups -OCH3 is 1. The predicted molar refractivity (Wildman–Crippen MR) is 105 cm³/mol. The van der Waals surface area contributed by atoms with Crippen molar-refractivity contribution in [3.8, 4) is 0 Å². The van der Waals surface area contributed by atoms with E-state index in [4.69, 9.17) is 9.47 Å². The van der Waals surface area contributed by atoms with E-state index in [0.717, 1.165) is 25.3 Å². The van der Waals surface area contributed by atoms with E-state index in [1.165, 1.54) is 4.57 Å². The van der Waals surface area contributed by atoms with Gasteiger partial charge in [-0.05, 0) is 31.7 Å². The Bertz CT molecular complexity index is 872. The van der Waals surface area contributed by atoms with Gasteiger partial charge >= 0.3 is 6.18 Å². The molecule has 2 unspecified atom stereocenters. The fourth-order valence-corrected chi connectivity index (χ4v) is 4.94. The second-order valence-corrected chi connectivity index (χ2v) is 8.60. The summed E-state index contributed by atoms with van der Waals surface area (Å²) in [4.78, 5) is 26.8. The van der Waals surface area contributed by atoms with Crippen molar-refractivity contribution in [1.82, 2.24) is 14.8 Å². The third-order valence-corrected chi connectivity index (χ3v) is 6.64. The van der Waals surface area contributed by atoms with Crippen LogP contribution in [-0.4, -0.2) is 60.4 Å². The second kappa shape index (κ2) is 8.91. The number of carbonyl (C=O) groups excluding carboxylic acids is 1. The number of aromatic nitrogens is 1. The molecule has 3 aliphatic rings. The molecule has 10 heteroatoms. The van der Waals surface area contributed by atoms with Crippen molar-refractivity contribution in [1.29, 1.82) is 0 Å². The van der Waals surface area contributed by atoms with Gasteiger partial charge in [0.25, 0.3) is 5.56 Å². The number of rotatable bonds is 4. The molecule has 172 valence electrons. The standard InChI is InChI=1S/C21H28F3N3O4/c1-30-18-12-31-7-4-17(18)25-15-3-2-13(8-15)20(29)26-5-6-27-16(11-26)9-14(10-19(27)28)21(22,23)24/h9-10,13,15,17-18,25H,2-8,11-12H2,1H3/t13-,15+,17?,18?/m0/s1. The number of nitrogens with zero attached hydrogens (tertiary/aromatic N) is 2. The Morgan fingerprint density at radius 2 is 2.03 bits per heavy atom. The number of carbonyl (C=O) groups is 1. The van der Waals surface area contributed by atoms with Crippen molar-refractivity contribution in [2.75, 3.05) is 26.9 Å². The normalized spacial score (nSPS) is 29.1. The fraction of sp³-hybridized carbons (Fsp3) is 0.714. The molecular formula is C21H28F3N3O4. The molecule has 0 bridgehead atoms. The molecule has 0 radical (unpaired) electrons. The molecule has 1 amide bonds. The quantitative estimate of drug-likeness (QED) is 0.768. The minimum atomic E-state index is -4.59.